The van der Waals surface area contributed by atoms with Crippen LogP contribution >= 0.6 is 11.3 Å². The Kier molecular flexibility index (Phi) is 4.74. The maximum atomic E-state index is 13.4. The number of imidazole rings is 1. The second-order valence-electron chi connectivity index (χ2n) is 7.20. The highest BCUT2D eigenvalue weighted by Gasteiger charge is 2.30. The van der Waals surface area contributed by atoms with E-state index in [4.69, 9.17) is 0 Å². The van der Waals surface area contributed by atoms with Gasteiger partial charge in [-0.1, -0.05) is 18.2 Å². The summed E-state index contributed by atoms with van der Waals surface area (Å²) >= 11 is 1.46. The predicted octanol–water partition coefficient (Wildman–Crippen LogP) is 7.04. The van der Waals surface area contributed by atoms with Gasteiger partial charge in [0.15, 0.2) is 0 Å². The first-order chi connectivity index (χ1) is 14.9. The van der Waals surface area contributed by atoms with Crippen LogP contribution in [0.4, 0.5) is 17.6 Å². The maximum absolute atomic E-state index is 13.4. The molecule has 0 fully saturated rings. The van der Waals surface area contributed by atoms with Crippen molar-refractivity contribution in [3.63, 3.8) is 0 Å². The molecule has 156 valence electrons. The Labute approximate surface area is 179 Å². The molecule has 4 aromatic rings. The summed E-state index contributed by atoms with van der Waals surface area (Å²) < 4.78 is 54.7. The van der Waals surface area contributed by atoms with Crippen LogP contribution in [-0.4, -0.2) is 14.5 Å². The second-order valence-corrected chi connectivity index (χ2v) is 8.24. The van der Waals surface area contributed by atoms with Gasteiger partial charge in [-0.15, -0.1) is 11.3 Å². The highest BCUT2D eigenvalue weighted by Crippen LogP contribution is 2.36. The van der Waals surface area contributed by atoms with E-state index in [-0.39, 0.29) is 5.82 Å². The zero-order valence-corrected chi connectivity index (χ0v) is 16.8. The van der Waals surface area contributed by atoms with Gasteiger partial charge >= 0.3 is 6.18 Å². The molecule has 8 heteroatoms. The molecule has 0 saturated carbocycles. The van der Waals surface area contributed by atoms with Crippen molar-refractivity contribution in [1.29, 1.82) is 0 Å². The summed E-state index contributed by atoms with van der Waals surface area (Å²) in [7, 11) is 0. The standard InChI is InChI=1S/C23H15F4N3S/c24-17-7-10-19-21(11-17)31-22(29-19)15-3-8-18(9-4-15)30-13-28-12-20(30)14-1-5-16(6-2-14)23(25,26)27/h1-3,5-8,10-13H,4,9H2. The van der Waals surface area contributed by atoms with Crippen molar-refractivity contribution in [2.75, 3.05) is 0 Å². The Balaban J connectivity index is 1.44. The van der Waals surface area contributed by atoms with Crippen LogP contribution in [-0.2, 0) is 6.18 Å². The summed E-state index contributed by atoms with van der Waals surface area (Å²) in [4.78, 5) is 8.79. The molecule has 0 unspecified atom stereocenters. The average Bonchev–Trinajstić information content (AvgIpc) is 3.40. The Morgan fingerprint density at radius 3 is 2.48 bits per heavy atom. The molecular formula is C23H15F4N3S. The van der Waals surface area contributed by atoms with Crippen LogP contribution in [0.1, 0.15) is 23.4 Å². The summed E-state index contributed by atoms with van der Waals surface area (Å²) in [6.45, 7) is 0. The number of thiazole rings is 1. The number of benzene rings is 2. The molecule has 2 heterocycles. The van der Waals surface area contributed by atoms with E-state index in [2.05, 4.69) is 9.97 Å². The largest absolute Gasteiger partial charge is 0.416 e. The van der Waals surface area contributed by atoms with Crippen molar-refractivity contribution in [2.45, 2.75) is 19.0 Å². The molecule has 0 saturated heterocycles. The first-order valence-corrected chi connectivity index (χ1v) is 10.4. The van der Waals surface area contributed by atoms with Crippen molar-refractivity contribution in [3.05, 3.63) is 83.5 Å². The topological polar surface area (TPSA) is 30.7 Å². The van der Waals surface area contributed by atoms with E-state index < -0.39 is 11.7 Å². The molecular weight excluding hydrogens is 426 g/mol. The first kappa shape index (κ1) is 19.7. The van der Waals surface area contributed by atoms with Crippen LogP contribution in [0.25, 0.3) is 32.7 Å². The summed E-state index contributed by atoms with van der Waals surface area (Å²) in [6, 6.07) is 9.65. The molecule has 31 heavy (non-hydrogen) atoms. The van der Waals surface area contributed by atoms with Gasteiger partial charge in [-0.25, -0.2) is 14.4 Å². The minimum Gasteiger partial charge on any atom is -0.303 e. The molecule has 1 aliphatic carbocycles. The number of hydrogen-bond acceptors (Lipinski definition) is 3. The van der Waals surface area contributed by atoms with Gasteiger partial charge < -0.3 is 4.57 Å². The fourth-order valence-electron chi connectivity index (χ4n) is 3.61. The van der Waals surface area contributed by atoms with Crippen LogP contribution in [0.2, 0.25) is 0 Å². The van der Waals surface area contributed by atoms with E-state index in [0.29, 0.717) is 5.56 Å². The Bertz CT molecular complexity index is 1330. The van der Waals surface area contributed by atoms with Gasteiger partial charge in [0.1, 0.15) is 10.8 Å². The molecule has 0 radical (unpaired) electrons. The fraction of sp³-hybridized carbons (Fsp3) is 0.130. The third-order valence-corrected chi connectivity index (χ3v) is 6.30. The van der Waals surface area contributed by atoms with Crippen molar-refractivity contribution < 1.29 is 17.6 Å². The summed E-state index contributed by atoms with van der Waals surface area (Å²) in [6.07, 6.45) is 4.38. The number of allylic oxidation sites excluding steroid dienone is 4. The van der Waals surface area contributed by atoms with Crippen molar-refractivity contribution in [3.8, 4) is 11.3 Å². The van der Waals surface area contributed by atoms with Gasteiger partial charge in [0, 0.05) is 11.3 Å². The van der Waals surface area contributed by atoms with Crippen LogP contribution in [0, 0.1) is 5.82 Å². The Morgan fingerprint density at radius 1 is 0.968 bits per heavy atom. The lowest BCUT2D eigenvalue weighted by Crippen LogP contribution is -2.05. The quantitative estimate of drug-likeness (QED) is 0.319. The van der Waals surface area contributed by atoms with Crippen LogP contribution in [0.15, 0.2) is 67.1 Å². The van der Waals surface area contributed by atoms with E-state index in [1.54, 1.807) is 18.6 Å². The molecule has 0 bridgehead atoms. The average molecular weight is 441 g/mol. The molecule has 5 rings (SSSR count). The molecule has 0 N–H and O–H groups in total. The van der Waals surface area contributed by atoms with Crippen molar-refractivity contribution in [2.24, 2.45) is 0 Å². The zero-order valence-electron chi connectivity index (χ0n) is 16.0. The highest BCUT2D eigenvalue weighted by molar-refractivity contribution is 7.19. The summed E-state index contributed by atoms with van der Waals surface area (Å²) in [5, 5.41) is 0.865. The number of alkyl halides is 3. The van der Waals surface area contributed by atoms with E-state index in [1.165, 1.54) is 35.6 Å². The van der Waals surface area contributed by atoms with E-state index in [9.17, 15) is 17.6 Å². The number of hydrogen-bond donors (Lipinski definition) is 0. The van der Waals surface area contributed by atoms with Crippen molar-refractivity contribution in [1.82, 2.24) is 14.5 Å². The lowest BCUT2D eigenvalue weighted by atomic mass is 10.0. The third kappa shape index (κ3) is 3.79. The number of rotatable bonds is 3. The number of halogens is 4. The minimum absolute atomic E-state index is 0.279. The normalized spacial score (nSPS) is 14.6. The molecule has 2 aromatic heterocycles. The van der Waals surface area contributed by atoms with Gasteiger partial charge in [0.2, 0.25) is 0 Å². The van der Waals surface area contributed by atoms with Crippen LogP contribution < -0.4 is 0 Å². The molecule has 0 atom stereocenters. The number of nitrogens with zero attached hydrogens (tertiary/aromatic N) is 3. The van der Waals surface area contributed by atoms with Crippen LogP contribution in [0.5, 0.6) is 0 Å². The van der Waals surface area contributed by atoms with Crippen molar-refractivity contribution >= 4 is 32.8 Å². The van der Waals surface area contributed by atoms with Gasteiger partial charge in [0.25, 0.3) is 0 Å². The lowest BCUT2D eigenvalue weighted by molar-refractivity contribution is -0.137. The van der Waals surface area contributed by atoms with E-state index >= 15 is 0 Å². The van der Waals surface area contributed by atoms with Gasteiger partial charge in [0.05, 0.1) is 34.0 Å². The fourth-order valence-corrected chi connectivity index (χ4v) is 4.65. The molecule has 1 aliphatic rings. The minimum atomic E-state index is -4.36. The van der Waals surface area contributed by atoms with Gasteiger partial charge in [-0.05, 0) is 54.8 Å². The third-order valence-electron chi connectivity index (χ3n) is 5.21. The Hall–Kier alpha value is -3.26. The monoisotopic (exact) mass is 441 g/mol. The smallest absolute Gasteiger partial charge is 0.303 e. The molecule has 0 aliphatic heterocycles. The van der Waals surface area contributed by atoms with Crippen LogP contribution in [0.3, 0.4) is 0 Å². The molecule has 0 amide bonds. The van der Waals surface area contributed by atoms with Gasteiger partial charge in [-0.3, -0.25) is 0 Å². The molecule has 3 nitrogen and oxygen atoms in total. The molecule has 0 spiro atoms. The maximum Gasteiger partial charge on any atom is 0.416 e. The summed E-state index contributed by atoms with van der Waals surface area (Å²) in [5.41, 5.74) is 3.55. The lowest BCUT2D eigenvalue weighted by Gasteiger charge is -2.17. The predicted molar refractivity (Wildman–Crippen MR) is 114 cm³/mol. The first-order valence-electron chi connectivity index (χ1n) is 9.55. The highest BCUT2D eigenvalue weighted by atomic mass is 32.1. The zero-order chi connectivity index (χ0) is 21.6. The Morgan fingerprint density at radius 2 is 1.77 bits per heavy atom. The second kappa shape index (κ2) is 7.46. The summed E-state index contributed by atoms with van der Waals surface area (Å²) in [5.74, 6) is -0.279. The molecule has 2 aromatic carbocycles. The SMILES string of the molecule is Fc1ccc2nc(C3=CC=C(n4cncc4-c4ccc(C(F)(F)F)cc4)CC3)sc2c1. The van der Waals surface area contributed by atoms with Gasteiger partial charge in [-0.2, -0.15) is 13.2 Å². The van der Waals surface area contributed by atoms with E-state index in [0.717, 1.165) is 57.2 Å². The van der Waals surface area contributed by atoms with E-state index in [1.807, 2.05) is 16.7 Å². The number of aromatic nitrogens is 3. The number of fused-ring (bicyclic) bond motifs is 1.